The maximum absolute atomic E-state index is 13.1. The van der Waals surface area contributed by atoms with Gasteiger partial charge in [0.15, 0.2) is 11.6 Å². The van der Waals surface area contributed by atoms with Crippen molar-refractivity contribution in [2.75, 3.05) is 40.5 Å². The first kappa shape index (κ1) is 30.7. The van der Waals surface area contributed by atoms with Gasteiger partial charge in [-0.1, -0.05) is 17.3 Å². The highest BCUT2D eigenvalue weighted by molar-refractivity contribution is 7.15. The Morgan fingerprint density at radius 3 is 2.49 bits per heavy atom. The van der Waals surface area contributed by atoms with Gasteiger partial charge in [-0.05, 0) is 24.3 Å². The molecular weight excluding hydrogens is 589 g/mol. The number of nitrogens with one attached hydrogen (secondary N) is 1. The molecule has 1 amide bonds. The van der Waals surface area contributed by atoms with E-state index in [4.69, 9.17) is 28.8 Å². The molecule has 10 nitrogen and oxygen atoms in total. The van der Waals surface area contributed by atoms with Gasteiger partial charge in [-0.25, -0.2) is 4.98 Å². The first-order valence-electron chi connectivity index (χ1n) is 13.5. The van der Waals surface area contributed by atoms with Crippen LogP contribution in [0.25, 0.3) is 10.6 Å². The molecular formula is C29H31F3N4O6S. The van der Waals surface area contributed by atoms with Gasteiger partial charge in [0.1, 0.15) is 30.2 Å². The third-order valence-corrected chi connectivity index (χ3v) is 8.34. The zero-order valence-electron chi connectivity index (χ0n) is 23.6. The van der Waals surface area contributed by atoms with Crippen LogP contribution < -0.4 is 14.8 Å². The third-order valence-electron chi connectivity index (χ3n) is 7.22. The molecule has 43 heavy (non-hydrogen) atoms. The van der Waals surface area contributed by atoms with E-state index in [2.05, 4.69) is 15.4 Å². The van der Waals surface area contributed by atoms with Crippen molar-refractivity contribution in [1.29, 1.82) is 0 Å². The van der Waals surface area contributed by atoms with Gasteiger partial charge >= 0.3 is 6.18 Å². The summed E-state index contributed by atoms with van der Waals surface area (Å²) >= 11 is 1.37. The predicted octanol–water partition coefficient (Wildman–Crippen LogP) is 4.81. The highest BCUT2D eigenvalue weighted by Crippen LogP contribution is 2.36. The van der Waals surface area contributed by atoms with Gasteiger partial charge in [0.2, 0.25) is 6.41 Å². The molecule has 0 radical (unpaired) electrons. The summed E-state index contributed by atoms with van der Waals surface area (Å²) in [6.07, 6.45) is -2.44. The summed E-state index contributed by atoms with van der Waals surface area (Å²) in [4.78, 5) is 23.8. The van der Waals surface area contributed by atoms with Crippen molar-refractivity contribution in [1.82, 2.24) is 15.2 Å². The maximum atomic E-state index is 13.1. The summed E-state index contributed by atoms with van der Waals surface area (Å²) in [5.41, 5.74) is 1.16. The standard InChI is InChI=1S/C29H31F3N4O6S/c1-38-24-15-21(7-8-22(24)26(33-18-37)35-39-2)40-17-25-23(16-36-11-9-28(10-12-36)41-13-14-42-28)34-27(43-25)19-3-5-20(6-4-19)29(30,31)32/h3-8,15,18H,9-14,16-17H2,1-2H3,(H,33,35,37). The van der Waals surface area contributed by atoms with Gasteiger partial charge in [0.05, 0.1) is 42.0 Å². The fourth-order valence-electron chi connectivity index (χ4n) is 5.00. The zero-order chi connectivity index (χ0) is 30.5. The summed E-state index contributed by atoms with van der Waals surface area (Å²) < 4.78 is 62.7. The number of amides is 1. The number of ether oxygens (including phenoxy) is 4. The Labute approximate surface area is 250 Å². The fraction of sp³-hybridized carbons (Fsp3) is 0.414. The number of piperidine rings is 1. The van der Waals surface area contributed by atoms with Crippen molar-refractivity contribution >= 4 is 23.6 Å². The summed E-state index contributed by atoms with van der Waals surface area (Å²) in [7, 11) is 2.84. The number of benzene rings is 2. The summed E-state index contributed by atoms with van der Waals surface area (Å²) in [5.74, 6) is 0.560. The normalized spacial score (nSPS) is 17.2. The number of halogens is 3. The number of hydrogen-bond acceptors (Lipinski definition) is 10. The molecule has 14 heteroatoms. The number of alkyl halides is 3. The van der Waals surface area contributed by atoms with Crippen LogP contribution in [0.15, 0.2) is 47.6 Å². The summed E-state index contributed by atoms with van der Waals surface area (Å²) in [6.45, 7) is 3.43. The lowest BCUT2D eigenvalue weighted by Crippen LogP contribution is -2.44. The Kier molecular flexibility index (Phi) is 9.49. The highest BCUT2D eigenvalue weighted by Gasteiger charge is 2.40. The minimum atomic E-state index is -4.42. The quantitative estimate of drug-likeness (QED) is 0.149. The third kappa shape index (κ3) is 7.26. The van der Waals surface area contributed by atoms with E-state index in [0.717, 1.165) is 48.6 Å². The molecule has 2 aromatic carbocycles. The number of carbonyl (C=O) groups excluding carboxylic acids is 1. The van der Waals surface area contributed by atoms with E-state index in [-0.39, 0.29) is 12.4 Å². The number of thiazole rings is 1. The molecule has 5 rings (SSSR count). The number of aromatic nitrogens is 1. The predicted molar refractivity (Wildman–Crippen MR) is 152 cm³/mol. The van der Waals surface area contributed by atoms with Crippen molar-refractivity contribution in [3.8, 4) is 22.1 Å². The Morgan fingerprint density at radius 1 is 1.14 bits per heavy atom. The first-order valence-corrected chi connectivity index (χ1v) is 14.3. The molecule has 0 aliphatic carbocycles. The van der Waals surface area contributed by atoms with Crippen molar-refractivity contribution in [2.45, 2.75) is 38.0 Å². The van der Waals surface area contributed by atoms with Crippen LogP contribution in [0.1, 0.15) is 34.5 Å². The number of amidine groups is 1. The molecule has 2 aliphatic heterocycles. The number of hydrogen-bond donors (Lipinski definition) is 1. The largest absolute Gasteiger partial charge is 0.496 e. The Balaban J connectivity index is 1.36. The molecule has 230 valence electrons. The molecule has 0 bridgehead atoms. The molecule has 3 heterocycles. The van der Waals surface area contributed by atoms with Crippen molar-refractivity contribution in [3.63, 3.8) is 0 Å². The number of oxime groups is 1. The summed E-state index contributed by atoms with van der Waals surface area (Å²) in [5, 5.41) is 6.90. The van der Waals surface area contributed by atoms with E-state index in [9.17, 15) is 18.0 Å². The van der Waals surface area contributed by atoms with Crippen LogP contribution in [-0.2, 0) is 38.4 Å². The van der Waals surface area contributed by atoms with E-state index in [1.165, 1.54) is 37.7 Å². The second-order valence-electron chi connectivity index (χ2n) is 9.88. The van der Waals surface area contributed by atoms with E-state index in [0.29, 0.717) is 53.8 Å². The molecule has 2 fully saturated rings. The molecule has 0 saturated carbocycles. The van der Waals surface area contributed by atoms with Gasteiger partial charge in [0, 0.05) is 44.1 Å². The van der Waals surface area contributed by atoms with Crippen molar-refractivity contribution in [3.05, 3.63) is 64.2 Å². The topological polar surface area (TPSA) is 104 Å². The minimum absolute atomic E-state index is 0.170. The van der Waals surface area contributed by atoms with Gasteiger partial charge in [-0.15, -0.1) is 11.3 Å². The van der Waals surface area contributed by atoms with Gasteiger partial charge in [-0.2, -0.15) is 13.2 Å². The Bertz CT molecular complexity index is 1430. The van der Waals surface area contributed by atoms with Crippen LogP contribution in [0.4, 0.5) is 13.2 Å². The number of nitrogens with zero attached hydrogens (tertiary/aromatic N) is 3. The average Bonchev–Trinajstić information content (AvgIpc) is 3.63. The Morgan fingerprint density at radius 2 is 1.86 bits per heavy atom. The molecule has 0 unspecified atom stereocenters. The van der Waals surface area contributed by atoms with E-state index in [1.807, 2.05) is 0 Å². The van der Waals surface area contributed by atoms with E-state index < -0.39 is 17.5 Å². The maximum Gasteiger partial charge on any atom is 0.416 e. The monoisotopic (exact) mass is 620 g/mol. The molecule has 2 aliphatic rings. The van der Waals surface area contributed by atoms with Crippen LogP contribution >= 0.6 is 11.3 Å². The zero-order valence-corrected chi connectivity index (χ0v) is 24.4. The number of rotatable bonds is 10. The Hall–Kier alpha value is -3.72. The van der Waals surface area contributed by atoms with E-state index in [1.54, 1.807) is 18.2 Å². The fourth-order valence-corrected chi connectivity index (χ4v) is 5.99. The minimum Gasteiger partial charge on any atom is -0.496 e. The van der Waals surface area contributed by atoms with Crippen LogP contribution in [0.5, 0.6) is 11.5 Å². The first-order chi connectivity index (χ1) is 20.7. The number of methoxy groups -OCH3 is 1. The second-order valence-corrected chi connectivity index (χ2v) is 11.0. The second kappa shape index (κ2) is 13.3. The highest BCUT2D eigenvalue weighted by atomic mass is 32.1. The smallest absolute Gasteiger partial charge is 0.416 e. The van der Waals surface area contributed by atoms with Gasteiger partial charge in [-0.3, -0.25) is 9.69 Å². The lowest BCUT2D eigenvalue weighted by Gasteiger charge is -2.37. The molecule has 1 aromatic heterocycles. The lowest BCUT2D eigenvalue weighted by atomic mass is 10.0. The van der Waals surface area contributed by atoms with E-state index >= 15 is 0 Å². The molecule has 1 N–H and O–H groups in total. The SMILES string of the molecule is CO/N=C(\NC=O)c1ccc(OCc2sc(-c3ccc(C(F)(F)F)cc3)nc2CN2CCC3(CC2)OCCO3)cc1OC. The number of carbonyl (C=O) groups is 1. The molecule has 1 spiro atoms. The van der Waals surface area contributed by atoms with Gasteiger partial charge < -0.3 is 29.1 Å². The van der Waals surface area contributed by atoms with Crippen LogP contribution in [0.3, 0.4) is 0 Å². The van der Waals surface area contributed by atoms with Gasteiger partial charge in [0.25, 0.3) is 0 Å². The van der Waals surface area contributed by atoms with Crippen LogP contribution in [0.2, 0.25) is 0 Å². The lowest BCUT2D eigenvalue weighted by molar-refractivity contribution is -0.185. The summed E-state index contributed by atoms with van der Waals surface area (Å²) in [6, 6.07) is 10.0. The van der Waals surface area contributed by atoms with Crippen molar-refractivity contribution in [2.24, 2.45) is 5.16 Å². The number of likely N-dealkylation sites (tertiary alicyclic amines) is 1. The molecule has 2 saturated heterocycles. The van der Waals surface area contributed by atoms with Crippen LogP contribution in [-0.4, -0.2) is 68.4 Å². The molecule has 0 atom stereocenters. The van der Waals surface area contributed by atoms with Crippen molar-refractivity contribution < 1.29 is 41.8 Å². The average molecular weight is 621 g/mol. The molecule has 3 aromatic rings. The van der Waals surface area contributed by atoms with Crippen LogP contribution in [0, 0.1) is 0 Å².